The zero-order valence-corrected chi connectivity index (χ0v) is 19.7. The lowest BCUT2D eigenvalue weighted by Crippen LogP contribution is -2.47. The summed E-state index contributed by atoms with van der Waals surface area (Å²) in [4.78, 5) is 41.7. The number of carbonyl (C=O) groups excluding carboxylic acids is 3. The third kappa shape index (κ3) is 4.98. The van der Waals surface area contributed by atoms with E-state index in [2.05, 4.69) is 5.32 Å². The summed E-state index contributed by atoms with van der Waals surface area (Å²) in [5, 5.41) is 2.92. The molecule has 0 unspecified atom stereocenters. The first kappa shape index (κ1) is 24.0. The summed E-state index contributed by atoms with van der Waals surface area (Å²) in [7, 11) is 0. The van der Waals surface area contributed by atoms with Crippen molar-refractivity contribution < 1.29 is 32.6 Å². The summed E-state index contributed by atoms with van der Waals surface area (Å²) in [5.41, 5.74) is 0.479. The number of anilines is 1. The largest absolute Gasteiger partial charge is 0.454 e. The lowest BCUT2D eigenvalue weighted by atomic mass is 9.91. The smallest absolute Gasteiger partial charge is 0.256 e. The van der Waals surface area contributed by atoms with Crippen LogP contribution in [0.2, 0.25) is 0 Å². The predicted molar refractivity (Wildman–Crippen MR) is 125 cm³/mol. The molecule has 3 aliphatic heterocycles. The maximum atomic E-state index is 14.0. The topological polar surface area (TPSA) is 88.2 Å². The zero-order chi connectivity index (χ0) is 25.2. The molecule has 2 aromatic carbocycles. The monoisotopic (exact) mass is 499 g/mol. The number of carbonyl (C=O) groups is 3. The number of likely N-dealkylation sites (tertiary alicyclic amines) is 2. The van der Waals surface area contributed by atoms with E-state index in [9.17, 15) is 23.2 Å². The van der Waals surface area contributed by atoms with Crippen molar-refractivity contribution in [1.29, 1.82) is 0 Å². The average molecular weight is 500 g/mol. The number of amides is 3. The van der Waals surface area contributed by atoms with E-state index in [0.717, 1.165) is 12.1 Å². The highest BCUT2D eigenvalue weighted by Gasteiger charge is 2.34. The van der Waals surface area contributed by atoms with Gasteiger partial charge < -0.3 is 24.6 Å². The number of nitrogens with one attached hydrogen (secondary N) is 1. The van der Waals surface area contributed by atoms with Crippen molar-refractivity contribution in [1.82, 2.24) is 9.80 Å². The Balaban J connectivity index is 1.09. The zero-order valence-electron chi connectivity index (χ0n) is 19.7. The standard InChI is InChI=1S/C26H27F2N3O5/c27-18-1-3-20(21(28)13-18)26(34)31-11-7-17(8-12-31)25(33)30-9-5-16(6-10-30)24(32)29-19-2-4-22-23(14-19)36-15-35-22/h1-4,13-14,16-17H,5-12,15H2,(H,29,32). The summed E-state index contributed by atoms with van der Waals surface area (Å²) in [6.07, 6.45) is 2.11. The van der Waals surface area contributed by atoms with E-state index in [1.54, 1.807) is 23.1 Å². The molecule has 0 aromatic heterocycles. The quantitative estimate of drug-likeness (QED) is 0.697. The number of rotatable bonds is 4. The van der Waals surface area contributed by atoms with Crippen LogP contribution in [0.25, 0.3) is 0 Å². The number of nitrogens with zero attached hydrogens (tertiary/aromatic N) is 2. The fraction of sp³-hybridized carbons (Fsp3) is 0.423. The Morgan fingerprint density at radius 3 is 2.19 bits per heavy atom. The molecule has 0 atom stereocenters. The van der Waals surface area contributed by atoms with E-state index < -0.39 is 17.5 Å². The van der Waals surface area contributed by atoms with Gasteiger partial charge >= 0.3 is 0 Å². The van der Waals surface area contributed by atoms with Crippen LogP contribution < -0.4 is 14.8 Å². The lowest BCUT2D eigenvalue weighted by Gasteiger charge is -2.37. The van der Waals surface area contributed by atoms with Gasteiger partial charge in [-0.15, -0.1) is 0 Å². The fourth-order valence-electron chi connectivity index (χ4n) is 5.00. The molecule has 0 radical (unpaired) electrons. The molecule has 2 saturated heterocycles. The van der Waals surface area contributed by atoms with Crippen molar-refractivity contribution in [2.24, 2.45) is 11.8 Å². The highest BCUT2D eigenvalue weighted by atomic mass is 19.1. The van der Waals surface area contributed by atoms with Crippen LogP contribution in [0.15, 0.2) is 36.4 Å². The Morgan fingerprint density at radius 2 is 1.47 bits per heavy atom. The number of piperidine rings is 2. The minimum atomic E-state index is -0.886. The van der Waals surface area contributed by atoms with Gasteiger partial charge in [-0.05, 0) is 49.9 Å². The summed E-state index contributed by atoms with van der Waals surface area (Å²) >= 11 is 0. The number of hydrogen-bond donors (Lipinski definition) is 1. The summed E-state index contributed by atoms with van der Waals surface area (Å²) < 4.78 is 37.8. The second-order valence-electron chi connectivity index (χ2n) is 9.35. The van der Waals surface area contributed by atoms with Crippen LogP contribution in [0.1, 0.15) is 36.0 Å². The highest BCUT2D eigenvalue weighted by Crippen LogP contribution is 2.34. The maximum Gasteiger partial charge on any atom is 0.256 e. The van der Waals surface area contributed by atoms with E-state index in [0.29, 0.717) is 75.1 Å². The van der Waals surface area contributed by atoms with Gasteiger partial charge in [0, 0.05) is 55.8 Å². The van der Waals surface area contributed by atoms with Gasteiger partial charge in [0.1, 0.15) is 11.6 Å². The van der Waals surface area contributed by atoms with Gasteiger partial charge in [0.05, 0.1) is 5.56 Å². The molecule has 10 heteroatoms. The third-order valence-corrected chi connectivity index (χ3v) is 7.11. The first-order valence-corrected chi connectivity index (χ1v) is 12.1. The molecule has 3 amide bonds. The minimum absolute atomic E-state index is 0.0321. The first-order valence-electron chi connectivity index (χ1n) is 12.1. The molecule has 0 bridgehead atoms. The normalized spacial score (nSPS) is 18.3. The van der Waals surface area contributed by atoms with E-state index >= 15 is 0 Å². The molecule has 3 aliphatic rings. The Labute approximate surface area is 207 Å². The molecule has 36 heavy (non-hydrogen) atoms. The van der Waals surface area contributed by atoms with Crippen LogP contribution in [0, 0.1) is 23.5 Å². The minimum Gasteiger partial charge on any atom is -0.454 e. The highest BCUT2D eigenvalue weighted by molar-refractivity contribution is 5.95. The lowest BCUT2D eigenvalue weighted by molar-refractivity contribution is -0.139. The van der Waals surface area contributed by atoms with Gasteiger partial charge in [0.25, 0.3) is 5.91 Å². The van der Waals surface area contributed by atoms with Gasteiger partial charge in [-0.25, -0.2) is 8.78 Å². The molecule has 3 heterocycles. The Hall–Kier alpha value is -3.69. The van der Waals surface area contributed by atoms with E-state index in [1.165, 1.54) is 4.90 Å². The number of ether oxygens (including phenoxy) is 2. The van der Waals surface area contributed by atoms with Gasteiger partial charge in [0.2, 0.25) is 18.6 Å². The second-order valence-corrected chi connectivity index (χ2v) is 9.35. The number of hydrogen-bond acceptors (Lipinski definition) is 5. The fourth-order valence-corrected chi connectivity index (χ4v) is 5.00. The number of benzene rings is 2. The molecule has 8 nitrogen and oxygen atoms in total. The molecule has 5 rings (SSSR count). The van der Waals surface area contributed by atoms with E-state index in [-0.39, 0.29) is 36.0 Å². The van der Waals surface area contributed by atoms with Crippen molar-refractivity contribution in [3.8, 4) is 11.5 Å². The van der Waals surface area contributed by atoms with Crippen molar-refractivity contribution in [2.75, 3.05) is 38.3 Å². The van der Waals surface area contributed by atoms with Gasteiger partial charge in [-0.1, -0.05) is 0 Å². The van der Waals surface area contributed by atoms with Crippen LogP contribution in [-0.4, -0.2) is 60.5 Å². The van der Waals surface area contributed by atoms with E-state index in [1.807, 2.05) is 0 Å². The van der Waals surface area contributed by atoms with Crippen molar-refractivity contribution >= 4 is 23.4 Å². The van der Waals surface area contributed by atoms with Crippen LogP contribution in [-0.2, 0) is 9.59 Å². The summed E-state index contributed by atoms with van der Waals surface area (Å²) in [5.74, 6) is -1.32. The molecule has 0 saturated carbocycles. The van der Waals surface area contributed by atoms with Crippen molar-refractivity contribution in [3.05, 3.63) is 53.6 Å². The molecule has 1 N–H and O–H groups in total. The van der Waals surface area contributed by atoms with Crippen LogP contribution in [0.3, 0.4) is 0 Å². The first-order chi connectivity index (χ1) is 17.4. The SMILES string of the molecule is O=C(Nc1ccc2c(c1)OCO2)C1CCN(C(=O)C2CCN(C(=O)c3ccc(F)cc3F)CC2)CC1. The number of fused-ring (bicyclic) bond motifs is 1. The summed E-state index contributed by atoms with van der Waals surface area (Å²) in [6, 6.07) is 8.17. The molecular weight excluding hydrogens is 472 g/mol. The van der Waals surface area contributed by atoms with E-state index in [4.69, 9.17) is 9.47 Å². The van der Waals surface area contributed by atoms with Crippen LogP contribution in [0.4, 0.5) is 14.5 Å². The molecule has 0 aliphatic carbocycles. The maximum absolute atomic E-state index is 14.0. The predicted octanol–water partition coefficient (Wildman–Crippen LogP) is 3.42. The summed E-state index contributed by atoms with van der Waals surface area (Å²) in [6.45, 7) is 1.83. The molecule has 2 aromatic rings. The van der Waals surface area contributed by atoms with Crippen molar-refractivity contribution in [2.45, 2.75) is 25.7 Å². The Morgan fingerprint density at radius 1 is 0.806 bits per heavy atom. The molecule has 2 fully saturated rings. The average Bonchev–Trinajstić information content (AvgIpc) is 3.36. The molecule has 0 spiro atoms. The third-order valence-electron chi connectivity index (χ3n) is 7.11. The Bertz CT molecular complexity index is 1170. The van der Waals surface area contributed by atoms with Gasteiger partial charge in [-0.2, -0.15) is 0 Å². The molecule has 190 valence electrons. The van der Waals surface area contributed by atoms with Crippen LogP contribution in [0.5, 0.6) is 11.5 Å². The molecular formula is C26H27F2N3O5. The second kappa shape index (κ2) is 10.1. The van der Waals surface area contributed by atoms with Gasteiger partial charge in [0.15, 0.2) is 11.5 Å². The van der Waals surface area contributed by atoms with Gasteiger partial charge in [-0.3, -0.25) is 14.4 Å². The van der Waals surface area contributed by atoms with Crippen LogP contribution >= 0.6 is 0 Å². The Kier molecular flexibility index (Phi) is 6.75. The number of halogens is 2. The van der Waals surface area contributed by atoms with Crippen molar-refractivity contribution in [3.63, 3.8) is 0 Å².